The molecule has 1 fully saturated rings. The molecular weight excluding hydrogens is 234 g/mol. The first-order valence-electron chi connectivity index (χ1n) is 6.57. The van der Waals surface area contributed by atoms with Gasteiger partial charge in [0.2, 0.25) is 0 Å². The molecule has 0 aliphatic carbocycles. The molecule has 2 N–H and O–H groups in total. The molecule has 1 aliphatic rings. The first-order chi connectivity index (χ1) is 8.34. The predicted molar refractivity (Wildman–Crippen MR) is 69.3 cm³/mol. The molecule has 1 heterocycles. The van der Waals surface area contributed by atoms with E-state index in [9.17, 15) is 10.2 Å². The highest BCUT2D eigenvalue weighted by atomic mass is 16.7. The summed E-state index contributed by atoms with van der Waals surface area (Å²) in [7, 11) is 5.58. The topological polar surface area (TPSA) is 62.2 Å². The number of hydrogen-bond acceptors (Lipinski definition) is 5. The van der Waals surface area contributed by atoms with Crippen molar-refractivity contribution in [1.29, 1.82) is 0 Å². The Balaban J connectivity index is 2.80. The highest BCUT2D eigenvalue weighted by Crippen LogP contribution is 2.34. The number of aliphatic hydroxyl groups is 2. The maximum absolute atomic E-state index is 10.2. The van der Waals surface area contributed by atoms with E-state index in [1.165, 1.54) is 0 Å². The Morgan fingerprint density at radius 1 is 1.44 bits per heavy atom. The van der Waals surface area contributed by atoms with Gasteiger partial charge < -0.3 is 24.6 Å². The van der Waals surface area contributed by atoms with Gasteiger partial charge >= 0.3 is 0 Å². The van der Waals surface area contributed by atoms with Crippen LogP contribution in [-0.4, -0.2) is 66.5 Å². The lowest BCUT2D eigenvalue weighted by Crippen LogP contribution is -2.58. The highest BCUT2D eigenvalue weighted by molar-refractivity contribution is 4.95. The smallest absolute Gasteiger partial charge is 0.160 e. The lowest BCUT2D eigenvalue weighted by Gasteiger charge is -2.46. The van der Waals surface area contributed by atoms with E-state index < -0.39 is 24.1 Å². The molecular formula is C13H27NO4. The monoisotopic (exact) mass is 261 g/mol. The van der Waals surface area contributed by atoms with Gasteiger partial charge in [0, 0.05) is 19.6 Å². The molecule has 5 heteroatoms. The summed E-state index contributed by atoms with van der Waals surface area (Å²) in [5, 5.41) is 20.1. The van der Waals surface area contributed by atoms with E-state index in [0.717, 1.165) is 6.42 Å². The summed E-state index contributed by atoms with van der Waals surface area (Å²) in [6.45, 7) is 3.95. The van der Waals surface area contributed by atoms with E-state index in [1.807, 2.05) is 21.0 Å². The molecule has 18 heavy (non-hydrogen) atoms. The number of methoxy groups -OCH3 is 1. The number of hydrogen-bond donors (Lipinski definition) is 2. The molecule has 0 amide bonds. The highest BCUT2D eigenvalue weighted by Gasteiger charge is 2.47. The molecule has 5 nitrogen and oxygen atoms in total. The Morgan fingerprint density at radius 2 is 2.06 bits per heavy atom. The molecule has 1 saturated heterocycles. The van der Waals surface area contributed by atoms with Gasteiger partial charge in [0.05, 0.1) is 11.7 Å². The molecule has 0 aromatic heterocycles. The van der Waals surface area contributed by atoms with Crippen LogP contribution in [0, 0.1) is 0 Å². The van der Waals surface area contributed by atoms with Crippen LogP contribution in [0.25, 0.3) is 0 Å². The number of aliphatic hydroxyl groups excluding tert-OH is 2. The van der Waals surface area contributed by atoms with Crippen LogP contribution in [0.3, 0.4) is 0 Å². The number of ether oxygens (including phenoxy) is 2. The molecule has 1 rings (SSSR count). The molecule has 0 radical (unpaired) electrons. The molecule has 1 aliphatic heterocycles. The Morgan fingerprint density at radius 3 is 2.50 bits per heavy atom. The fourth-order valence-corrected chi connectivity index (χ4v) is 2.62. The number of nitrogens with zero attached hydrogens (tertiary/aromatic N) is 1. The van der Waals surface area contributed by atoms with Crippen molar-refractivity contribution in [3.63, 3.8) is 0 Å². The van der Waals surface area contributed by atoms with Gasteiger partial charge in [0.25, 0.3) is 0 Å². The van der Waals surface area contributed by atoms with Crippen LogP contribution in [0.2, 0.25) is 0 Å². The van der Waals surface area contributed by atoms with E-state index in [-0.39, 0.29) is 0 Å². The molecule has 108 valence electrons. The van der Waals surface area contributed by atoms with Gasteiger partial charge in [-0.05, 0) is 33.9 Å². The van der Waals surface area contributed by atoms with Crippen LogP contribution in [0.4, 0.5) is 0 Å². The Labute approximate surface area is 110 Å². The Bertz CT molecular complexity index is 261. The van der Waals surface area contributed by atoms with Crippen LogP contribution in [0.5, 0.6) is 0 Å². The predicted octanol–water partition coefficient (Wildman–Crippen LogP) is 0.590. The minimum Gasteiger partial charge on any atom is -0.390 e. The van der Waals surface area contributed by atoms with Crippen molar-refractivity contribution < 1.29 is 19.7 Å². The van der Waals surface area contributed by atoms with Gasteiger partial charge in [-0.3, -0.25) is 0 Å². The average Bonchev–Trinajstić information content (AvgIpc) is 2.32. The average molecular weight is 261 g/mol. The van der Waals surface area contributed by atoms with E-state index in [0.29, 0.717) is 18.9 Å². The summed E-state index contributed by atoms with van der Waals surface area (Å²) in [5.41, 5.74) is -0.775. The minimum atomic E-state index is -0.877. The van der Waals surface area contributed by atoms with Crippen LogP contribution >= 0.6 is 0 Å². The number of rotatable bonds is 5. The van der Waals surface area contributed by atoms with E-state index in [1.54, 1.807) is 7.11 Å². The van der Waals surface area contributed by atoms with Gasteiger partial charge in [0.1, 0.15) is 6.10 Å². The molecule has 0 saturated carbocycles. The Kier molecular flexibility index (Phi) is 5.55. The van der Waals surface area contributed by atoms with Crippen LogP contribution < -0.4 is 0 Å². The first kappa shape index (κ1) is 15.9. The lowest BCUT2D eigenvalue weighted by atomic mass is 9.83. The van der Waals surface area contributed by atoms with Crippen molar-refractivity contribution >= 4 is 0 Å². The summed E-state index contributed by atoms with van der Waals surface area (Å²) < 4.78 is 11.0. The van der Waals surface area contributed by atoms with Crippen LogP contribution in [0.15, 0.2) is 0 Å². The summed E-state index contributed by atoms with van der Waals surface area (Å²) in [6.07, 6.45) is -0.188. The summed E-state index contributed by atoms with van der Waals surface area (Å²) >= 11 is 0. The van der Waals surface area contributed by atoms with E-state index in [2.05, 4.69) is 11.8 Å². The summed E-state index contributed by atoms with van der Waals surface area (Å²) in [5.74, 6) is 0. The van der Waals surface area contributed by atoms with Crippen molar-refractivity contribution in [2.24, 2.45) is 0 Å². The van der Waals surface area contributed by atoms with Crippen molar-refractivity contribution in [2.75, 3.05) is 21.2 Å². The van der Waals surface area contributed by atoms with E-state index in [4.69, 9.17) is 9.47 Å². The van der Waals surface area contributed by atoms with Gasteiger partial charge in [-0.2, -0.15) is 0 Å². The fraction of sp³-hybridized carbons (Fsp3) is 1.00. The van der Waals surface area contributed by atoms with Crippen molar-refractivity contribution in [3.8, 4) is 0 Å². The molecule has 0 aromatic carbocycles. The third kappa shape index (κ3) is 3.42. The van der Waals surface area contributed by atoms with Gasteiger partial charge in [-0.25, -0.2) is 0 Å². The second-order valence-corrected chi connectivity index (χ2v) is 5.57. The zero-order valence-electron chi connectivity index (χ0n) is 12.1. The molecule has 5 atom stereocenters. The van der Waals surface area contributed by atoms with E-state index >= 15 is 0 Å². The first-order valence-corrected chi connectivity index (χ1v) is 6.57. The Hall–Kier alpha value is -0.200. The van der Waals surface area contributed by atoms with Crippen LogP contribution in [-0.2, 0) is 9.47 Å². The largest absolute Gasteiger partial charge is 0.390 e. The molecule has 0 spiro atoms. The SMILES string of the molecule is CCC(C[C@@]1(C)O[C@H](OC)C[C@@H](O)[C@H]1O)N(C)C. The maximum atomic E-state index is 10.2. The summed E-state index contributed by atoms with van der Waals surface area (Å²) in [6, 6.07) is 0.299. The standard InChI is InChI=1S/C13H27NO4/c1-6-9(14(3)4)8-13(2)12(16)10(15)7-11(17-5)18-13/h9-12,15-16H,6-8H2,1-5H3/t9?,10-,11+,12-,13-/m1/s1. The third-order valence-electron chi connectivity index (χ3n) is 3.93. The zero-order valence-corrected chi connectivity index (χ0v) is 12.1. The second-order valence-electron chi connectivity index (χ2n) is 5.57. The quantitative estimate of drug-likeness (QED) is 0.758. The van der Waals surface area contributed by atoms with Crippen molar-refractivity contribution in [3.05, 3.63) is 0 Å². The molecule has 0 bridgehead atoms. The van der Waals surface area contributed by atoms with Gasteiger partial charge in [0.15, 0.2) is 6.29 Å². The molecule has 1 unspecified atom stereocenters. The normalized spacial score (nSPS) is 39.0. The fourth-order valence-electron chi connectivity index (χ4n) is 2.62. The van der Waals surface area contributed by atoms with Gasteiger partial charge in [-0.15, -0.1) is 0 Å². The summed E-state index contributed by atoms with van der Waals surface area (Å²) in [4.78, 5) is 2.12. The molecule has 0 aromatic rings. The third-order valence-corrected chi connectivity index (χ3v) is 3.93. The zero-order chi connectivity index (χ0) is 13.9. The maximum Gasteiger partial charge on any atom is 0.160 e. The van der Waals surface area contributed by atoms with Crippen molar-refractivity contribution in [2.45, 2.75) is 63.3 Å². The minimum absolute atomic E-state index is 0.299. The lowest BCUT2D eigenvalue weighted by molar-refractivity contribution is -0.286. The van der Waals surface area contributed by atoms with Crippen LogP contribution in [0.1, 0.15) is 33.1 Å². The second kappa shape index (κ2) is 6.30. The van der Waals surface area contributed by atoms with Crippen molar-refractivity contribution in [1.82, 2.24) is 4.90 Å². The van der Waals surface area contributed by atoms with Gasteiger partial charge in [-0.1, -0.05) is 6.92 Å².